The van der Waals surface area contributed by atoms with E-state index in [2.05, 4.69) is 29.6 Å². The van der Waals surface area contributed by atoms with Crippen LogP contribution in [0.3, 0.4) is 0 Å². The molecular weight excluding hydrogens is 268 g/mol. The van der Waals surface area contributed by atoms with Crippen molar-refractivity contribution in [3.05, 3.63) is 28.3 Å². The summed E-state index contributed by atoms with van der Waals surface area (Å²) in [6, 6.07) is 5.37. The highest BCUT2D eigenvalue weighted by atomic mass is 16.6. The Morgan fingerprint density at radius 1 is 1.29 bits per heavy atom. The molecule has 1 aromatic carbocycles. The Balaban J connectivity index is 2.19. The minimum atomic E-state index is -0.316. The number of nitro groups is 1. The molecule has 2 N–H and O–H groups in total. The number of anilines is 2. The quantitative estimate of drug-likeness (QED) is 0.597. The number of nitrogens with zero attached hydrogens (tertiary/aromatic N) is 2. The first kappa shape index (κ1) is 15.6. The van der Waals surface area contributed by atoms with E-state index in [0.29, 0.717) is 17.9 Å². The van der Waals surface area contributed by atoms with Gasteiger partial charge in [0.25, 0.3) is 0 Å². The second kappa shape index (κ2) is 6.30. The van der Waals surface area contributed by atoms with Gasteiger partial charge in [-0.3, -0.25) is 10.1 Å². The van der Waals surface area contributed by atoms with Crippen LogP contribution in [0.5, 0.6) is 0 Å². The zero-order chi connectivity index (χ0) is 15.5. The van der Waals surface area contributed by atoms with Crippen molar-refractivity contribution in [2.24, 2.45) is 0 Å². The Morgan fingerprint density at radius 3 is 2.33 bits per heavy atom. The molecule has 1 aliphatic rings. The van der Waals surface area contributed by atoms with Crippen LogP contribution >= 0.6 is 0 Å². The lowest BCUT2D eigenvalue weighted by Crippen LogP contribution is -2.54. The van der Waals surface area contributed by atoms with E-state index in [9.17, 15) is 10.1 Å². The highest BCUT2D eigenvalue weighted by molar-refractivity contribution is 5.76. The smallest absolute Gasteiger partial charge is 0.315 e. The zero-order valence-electron chi connectivity index (χ0n) is 13.0. The molecule has 1 aliphatic carbocycles. The summed E-state index contributed by atoms with van der Waals surface area (Å²) in [4.78, 5) is 13.3. The standard InChI is InChI=1S/C15H24N4O2/c1-4-16-12-7-5-8-13(14(12)19(20)21)17-11-15(18(2)3)9-6-10-15/h5,7-8,16-17H,4,6,9-11H2,1-3H3. The van der Waals surface area contributed by atoms with Crippen LogP contribution in [0.1, 0.15) is 26.2 Å². The van der Waals surface area contributed by atoms with E-state index in [4.69, 9.17) is 0 Å². The van der Waals surface area contributed by atoms with Crippen LogP contribution < -0.4 is 10.6 Å². The predicted octanol–water partition coefficient (Wildman–Crippen LogP) is 2.92. The van der Waals surface area contributed by atoms with Crippen LogP contribution in [0.15, 0.2) is 18.2 Å². The molecule has 0 radical (unpaired) electrons. The van der Waals surface area contributed by atoms with Crippen molar-refractivity contribution in [3.63, 3.8) is 0 Å². The van der Waals surface area contributed by atoms with E-state index in [1.54, 1.807) is 12.1 Å². The van der Waals surface area contributed by atoms with Crippen molar-refractivity contribution >= 4 is 17.1 Å². The molecule has 0 aromatic heterocycles. The molecule has 0 bridgehead atoms. The van der Waals surface area contributed by atoms with E-state index >= 15 is 0 Å². The van der Waals surface area contributed by atoms with E-state index in [0.717, 1.165) is 19.4 Å². The molecule has 0 spiro atoms. The molecule has 6 nitrogen and oxygen atoms in total. The SMILES string of the molecule is CCNc1cccc(NCC2(N(C)C)CCC2)c1[N+](=O)[O-]. The number of para-hydroxylation sites is 1. The van der Waals surface area contributed by atoms with E-state index < -0.39 is 0 Å². The third kappa shape index (κ3) is 3.10. The van der Waals surface area contributed by atoms with Crippen LogP contribution in [-0.4, -0.2) is 42.5 Å². The van der Waals surface area contributed by atoms with E-state index in [1.165, 1.54) is 6.42 Å². The van der Waals surface area contributed by atoms with Crippen LogP contribution in [0, 0.1) is 10.1 Å². The molecule has 0 heterocycles. The van der Waals surface area contributed by atoms with E-state index in [1.807, 2.05) is 13.0 Å². The molecule has 0 unspecified atom stereocenters. The van der Waals surface area contributed by atoms with Gasteiger partial charge in [0, 0.05) is 18.6 Å². The zero-order valence-corrected chi connectivity index (χ0v) is 13.0. The third-order valence-corrected chi connectivity index (χ3v) is 4.43. The van der Waals surface area contributed by atoms with Gasteiger partial charge in [-0.25, -0.2) is 0 Å². The van der Waals surface area contributed by atoms with Gasteiger partial charge in [0.15, 0.2) is 0 Å². The van der Waals surface area contributed by atoms with Crippen molar-refractivity contribution in [1.82, 2.24) is 4.90 Å². The number of hydrogen-bond acceptors (Lipinski definition) is 5. The maximum Gasteiger partial charge on any atom is 0.315 e. The molecule has 0 atom stereocenters. The minimum absolute atomic E-state index is 0.127. The fraction of sp³-hybridized carbons (Fsp3) is 0.600. The van der Waals surface area contributed by atoms with Gasteiger partial charge in [0.2, 0.25) is 0 Å². The Bertz CT molecular complexity index is 512. The van der Waals surface area contributed by atoms with Crippen molar-refractivity contribution in [1.29, 1.82) is 0 Å². The molecule has 1 fully saturated rings. The molecule has 6 heteroatoms. The van der Waals surface area contributed by atoms with Crippen molar-refractivity contribution < 1.29 is 4.92 Å². The molecule has 21 heavy (non-hydrogen) atoms. The van der Waals surface area contributed by atoms with Gasteiger partial charge in [-0.2, -0.15) is 0 Å². The Hall–Kier alpha value is -1.82. The molecule has 116 valence electrons. The summed E-state index contributed by atoms with van der Waals surface area (Å²) in [6.07, 6.45) is 3.49. The second-order valence-electron chi connectivity index (χ2n) is 5.82. The molecule has 0 aliphatic heterocycles. The first-order valence-electron chi connectivity index (χ1n) is 7.43. The molecule has 1 aromatic rings. The number of nitrogens with one attached hydrogen (secondary N) is 2. The number of benzene rings is 1. The van der Waals surface area contributed by atoms with Gasteiger partial charge in [-0.1, -0.05) is 6.07 Å². The molecule has 0 amide bonds. The maximum atomic E-state index is 11.4. The van der Waals surface area contributed by atoms with Gasteiger partial charge in [0.1, 0.15) is 11.4 Å². The average molecular weight is 292 g/mol. The lowest BCUT2D eigenvalue weighted by molar-refractivity contribution is -0.383. The molecule has 2 rings (SSSR count). The molecule has 0 saturated heterocycles. The lowest BCUT2D eigenvalue weighted by Gasteiger charge is -2.47. The fourth-order valence-electron chi connectivity index (χ4n) is 2.84. The van der Waals surface area contributed by atoms with E-state index in [-0.39, 0.29) is 16.1 Å². The topological polar surface area (TPSA) is 70.4 Å². The monoisotopic (exact) mass is 292 g/mol. The summed E-state index contributed by atoms with van der Waals surface area (Å²) in [6.45, 7) is 3.32. The summed E-state index contributed by atoms with van der Waals surface area (Å²) in [5.41, 5.74) is 1.42. The summed E-state index contributed by atoms with van der Waals surface area (Å²) in [5, 5.41) is 17.7. The molecule has 1 saturated carbocycles. The van der Waals surface area contributed by atoms with Crippen molar-refractivity contribution in [2.75, 3.05) is 37.8 Å². The van der Waals surface area contributed by atoms with Gasteiger partial charge in [-0.15, -0.1) is 0 Å². The summed E-state index contributed by atoms with van der Waals surface area (Å²) >= 11 is 0. The maximum absolute atomic E-state index is 11.4. The first-order chi connectivity index (χ1) is 10.00. The Kier molecular flexibility index (Phi) is 4.67. The summed E-state index contributed by atoms with van der Waals surface area (Å²) < 4.78 is 0. The summed E-state index contributed by atoms with van der Waals surface area (Å²) in [5.74, 6) is 0. The normalized spacial score (nSPS) is 16.4. The highest BCUT2D eigenvalue weighted by Crippen LogP contribution is 2.38. The largest absolute Gasteiger partial charge is 0.380 e. The number of rotatable bonds is 7. The van der Waals surface area contributed by atoms with Gasteiger partial charge >= 0.3 is 5.69 Å². The van der Waals surface area contributed by atoms with Crippen molar-refractivity contribution in [3.8, 4) is 0 Å². The lowest BCUT2D eigenvalue weighted by atomic mass is 9.75. The fourth-order valence-corrected chi connectivity index (χ4v) is 2.84. The van der Waals surface area contributed by atoms with Crippen LogP contribution in [0.25, 0.3) is 0 Å². The number of likely N-dealkylation sites (N-methyl/N-ethyl adjacent to an activating group) is 1. The Labute approximate surface area is 125 Å². The second-order valence-corrected chi connectivity index (χ2v) is 5.82. The van der Waals surface area contributed by atoms with Crippen molar-refractivity contribution in [2.45, 2.75) is 31.7 Å². The minimum Gasteiger partial charge on any atom is -0.380 e. The van der Waals surface area contributed by atoms with Crippen LogP contribution in [-0.2, 0) is 0 Å². The number of nitro benzene ring substituents is 1. The van der Waals surface area contributed by atoms with Gasteiger partial charge in [-0.05, 0) is 52.4 Å². The van der Waals surface area contributed by atoms with Gasteiger partial charge in [0.05, 0.1) is 4.92 Å². The Morgan fingerprint density at radius 2 is 1.90 bits per heavy atom. The van der Waals surface area contributed by atoms with Crippen LogP contribution in [0.2, 0.25) is 0 Å². The third-order valence-electron chi connectivity index (χ3n) is 4.43. The molecular formula is C15H24N4O2. The van der Waals surface area contributed by atoms with Gasteiger partial charge < -0.3 is 15.5 Å². The average Bonchev–Trinajstić information content (AvgIpc) is 2.37. The number of hydrogen-bond donors (Lipinski definition) is 2. The van der Waals surface area contributed by atoms with Crippen LogP contribution in [0.4, 0.5) is 17.1 Å². The highest BCUT2D eigenvalue weighted by Gasteiger charge is 2.39. The predicted molar refractivity (Wildman–Crippen MR) is 86.0 cm³/mol. The summed E-state index contributed by atoms with van der Waals surface area (Å²) in [7, 11) is 4.15. The first-order valence-corrected chi connectivity index (χ1v) is 7.43.